The van der Waals surface area contributed by atoms with Gasteiger partial charge in [0, 0.05) is 6.54 Å². The highest BCUT2D eigenvalue weighted by atomic mass is 35.5. The van der Waals surface area contributed by atoms with Gasteiger partial charge in [0.2, 0.25) is 5.91 Å². The molecule has 1 saturated carbocycles. The van der Waals surface area contributed by atoms with Gasteiger partial charge in [0.25, 0.3) is 0 Å². The lowest BCUT2D eigenvalue weighted by Gasteiger charge is -2.21. The molecule has 1 aliphatic heterocycles. The quantitative estimate of drug-likeness (QED) is 0.848. The third-order valence-corrected chi connectivity index (χ3v) is 4.25. The zero-order valence-electron chi connectivity index (χ0n) is 12.1. The molecular formula is C13H12ClF3N4O3. The van der Waals surface area contributed by atoms with Crippen molar-refractivity contribution in [2.75, 3.05) is 13.2 Å². The Kier molecular flexibility index (Phi) is 4.35. The third kappa shape index (κ3) is 3.75. The van der Waals surface area contributed by atoms with Crippen LogP contribution in [0.2, 0.25) is 5.15 Å². The molecule has 2 fully saturated rings. The molecule has 3 atom stereocenters. The third-order valence-electron chi connectivity index (χ3n) is 3.95. The van der Waals surface area contributed by atoms with Crippen LogP contribution in [0.3, 0.4) is 0 Å². The zero-order valence-corrected chi connectivity index (χ0v) is 12.8. The van der Waals surface area contributed by atoms with E-state index in [1.807, 2.05) is 0 Å². The van der Waals surface area contributed by atoms with Crippen molar-refractivity contribution in [3.05, 3.63) is 22.5 Å². The van der Waals surface area contributed by atoms with Gasteiger partial charge in [-0.25, -0.2) is 4.79 Å². The van der Waals surface area contributed by atoms with Crippen LogP contribution in [0.4, 0.5) is 18.0 Å². The van der Waals surface area contributed by atoms with Crippen LogP contribution < -0.4 is 10.6 Å². The van der Waals surface area contributed by atoms with E-state index in [1.165, 1.54) is 0 Å². The number of alkyl halides is 3. The first-order chi connectivity index (χ1) is 11.2. The average molecular weight is 365 g/mol. The minimum absolute atomic E-state index is 0.0612. The Labute approximate surface area is 138 Å². The van der Waals surface area contributed by atoms with E-state index < -0.39 is 30.8 Å². The fourth-order valence-electron chi connectivity index (χ4n) is 2.62. The monoisotopic (exact) mass is 364 g/mol. The number of imide groups is 1. The summed E-state index contributed by atoms with van der Waals surface area (Å²) in [6.07, 6.45) is -4.19. The van der Waals surface area contributed by atoms with Crippen molar-refractivity contribution in [2.45, 2.75) is 24.6 Å². The van der Waals surface area contributed by atoms with Crippen LogP contribution in [0.1, 0.15) is 29.5 Å². The summed E-state index contributed by atoms with van der Waals surface area (Å²) < 4.78 is 40.1. The lowest BCUT2D eigenvalue weighted by molar-refractivity contribution is -0.326. The van der Waals surface area contributed by atoms with Gasteiger partial charge in [-0.1, -0.05) is 11.6 Å². The van der Waals surface area contributed by atoms with E-state index in [4.69, 9.17) is 11.6 Å². The van der Waals surface area contributed by atoms with Gasteiger partial charge in [-0.05, 0) is 29.9 Å². The van der Waals surface area contributed by atoms with Crippen LogP contribution in [0, 0.1) is 5.92 Å². The largest absolute Gasteiger partial charge is 0.522 e. The van der Waals surface area contributed by atoms with Gasteiger partial charge >= 0.3 is 12.4 Å². The number of ether oxygens (including phenoxy) is 1. The van der Waals surface area contributed by atoms with Crippen LogP contribution >= 0.6 is 11.6 Å². The first-order valence-corrected chi connectivity index (χ1v) is 7.45. The first kappa shape index (κ1) is 16.9. The molecule has 1 aromatic rings. The molecule has 11 heteroatoms. The number of halogens is 4. The summed E-state index contributed by atoms with van der Waals surface area (Å²) in [4.78, 5) is 22.9. The van der Waals surface area contributed by atoms with Crippen molar-refractivity contribution in [2.24, 2.45) is 5.92 Å². The summed E-state index contributed by atoms with van der Waals surface area (Å²) >= 11 is 5.98. The Morgan fingerprint density at radius 2 is 2.08 bits per heavy atom. The van der Waals surface area contributed by atoms with Crippen molar-refractivity contribution in [1.29, 1.82) is 0 Å². The van der Waals surface area contributed by atoms with Gasteiger partial charge in [0.05, 0.1) is 18.2 Å². The highest BCUT2D eigenvalue weighted by Crippen LogP contribution is 2.50. The van der Waals surface area contributed by atoms with Crippen LogP contribution in [-0.2, 0) is 9.53 Å². The number of hydrogen-bond donors (Lipinski definition) is 2. The van der Waals surface area contributed by atoms with E-state index in [2.05, 4.69) is 25.6 Å². The number of carbonyl (C=O) groups excluding carboxylic acids is 2. The Balaban J connectivity index is 1.71. The summed E-state index contributed by atoms with van der Waals surface area (Å²) in [6.45, 7) is -0.395. The van der Waals surface area contributed by atoms with Crippen molar-refractivity contribution < 1.29 is 27.5 Å². The van der Waals surface area contributed by atoms with E-state index in [1.54, 1.807) is 6.07 Å². The second kappa shape index (κ2) is 6.17. The highest BCUT2D eigenvalue weighted by Gasteiger charge is 2.43. The molecule has 1 aromatic heterocycles. The summed E-state index contributed by atoms with van der Waals surface area (Å²) in [5.74, 6) is -1.79. The summed E-state index contributed by atoms with van der Waals surface area (Å²) in [7, 11) is 0. The molecule has 0 aromatic carbocycles. The number of hydrogen-bond acceptors (Lipinski definition) is 5. The number of urea groups is 1. The maximum atomic E-state index is 12.1. The lowest BCUT2D eigenvalue weighted by Crippen LogP contribution is -2.51. The second-order valence-electron chi connectivity index (χ2n) is 5.63. The van der Waals surface area contributed by atoms with Crippen molar-refractivity contribution >= 4 is 23.5 Å². The Hall–Kier alpha value is -1.94. The minimum Gasteiger partial charge on any atom is -0.337 e. The SMILES string of the molecule is O=C1NCC(c2cc([C@H]3C[C@@H]3COC(F)(F)F)c(Cl)nn2)C(=O)N1. The normalized spacial score (nSPS) is 26.8. The predicted octanol–water partition coefficient (Wildman–Crippen LogP) is 1.69. The van der Waals surface area contributed by atoms with Gasteiger partial charge in [-0.15, -0.1) is 18.3 Å². The molecule has 2 aliphatic rings. The molecule has 3 amide bonds. The molecule has 24 heavy (non-hydrogen) atoms. The Morgan fingerprint density at radius 1 is 1.33 bits per heavy atom. The molecule has 0 bridgehead atoms. The van der Waals surface area contributed by atoms with E-state index in [0.717, 1.165) is 0 Å². The van der Waals surface area contributed by atoms with E-state index in [-0.39, 0.29) is 23.5 Å². The van der Waals surface area contributed by atoms with Gasteiger partial charge in [-0.3, -0.25) is 14.8 Å². The van der Waals surface area contributed by atoms with Crippen molar-refractivity contribution in [3.63, 3.8) is 0 Å². The van der Waals surface area contributed by atoms with Crippen LogP contribution in [0.15, 0.2) is 6.07 Å². The van der Waals surface area contributed by atoms with Gasteiger partial charge in [0.1, 0.15) is 0 Å². The van der Waals surface area contributed by atoms with Crippen LogP contribution in [-0.4, -0.2) is 41.6 Å². The molecule has 0 radical (unpaired) electrons. The molecule has 2 N–H and O–H groups in total. The number of nitrogens with one attached hydrogen (secondary N) is 2. The Bertz CT molecular complexity index is 685. The molecule has 0 spiro atoms. The minimum atomic E-state index is -4.67. The van der Waals surface area contributed by atoms with Gasteiger partial charge < -0.3 is 5.32 Å². The van der Waals surface area contributed by atoms with Gasteiger partial charge in [-0.2, -0.15) is 5.10 Å². The van der Waals surface area contributed by atoms with E-state index >= 15 is 0 Å². The zero-order chi connectivity index (χ0) is 17.5. The second-order valence-corrected chi connectivity index (χ2v) is 5.98. The maximum Gasteiger partial charge on any atom is 0.522 e. The average Bonchev–Trinajstić information content (AvgIpc) is 3.25. The fraction of sp³-hybridized carbons (Fsp3) is 0.538. The van der Waals surface area contributed by atoms with E-state index in [9.17, 15) is 22.8 Å². The van der Waals surface area contributed by atoms with Crippen molar-refractivity contribution in [3.8, 4) is 0 Å². The summed E-state index contributed by atoms with van der Waals surface area (Å²) in [6, 6.07) is 0.958. The molecule has 3 rings (SSSR count). The van der Waals surface area contributed by atoms with Crippen LogP contribution in [0.25, 0.3) is 0 Å². The number of nitrogens with zero attached hydrogens (tertiary/aromatic N) is 2. The fourth-order valence-corrected chi connectivity index (χ4v) is 2.85. The standard InChI is InChI=1S/C13H12ClF3N4O3/c14-10-7(6-1-5(6)4-24-13(15,16)17)2-9(20-21-10)8-3-18-12(23)19-11(8)22/h2,5-6,8H,1,3-4H2,(H2,18,19,22,23)/t5-,6+,8?/m1/s1. The topological polar surface area (TPSA) is 93.2 Å². The molecular weight excluding hydrogens is 353 g/mol. The summed E-state index contributed by atoms with van der Waals surface area (Å²) in [5, 5.41) is 12.3. The van der Waals surface area contributed by atoms with E-state index in [0.29, 0.717) is 17.7 Å². The molecule has 1 aliphatic carbocycles. The number of amides is 3. The maximum absolute atomic E-state index is 12.1. The number of aromatic nitrogens is 2. The highest BCUT2D eigenvalue weighted by molar-refractivity contribution is 6.30. The number of rotatable bonds is 4. The molecule has 2 heterocycles. The smallest absolute Gasteiger partial charge is 0.337 e. The van der Waals surface area contributed by atoms with Crippen molar-refractivity contribution in [1.82, 2.24) is 20.8 Å². The lowest BCUT2D eigenvalue weighted by atomic mass is 10.0. The molecule has 1 unspecified atom stereocenters. The molecule has 7 nitrogen and oxygen atoms in total. The number of carbonyl (C=O) groups is 2. The van der Waals surface area contributed by atoms with Crippen LogP contribution in [0.5, 0.6) is 0 Å². The summed E-state index contributed by atoms with van der Waals surface area (Å²) in [5.41, 5.74) is 0.830. The van der Waals surface area contributed by atoms with Gasteiger partial charge in [0.15, 0.2) is 5.15 Å². The molecule has 1 saturated heterocycles. The Morgan fingerprint density at radius 3 is 2.75 bits per heavy atom. The predicted molar refractivity (Wildman–Crippen MR) is 74.2 cm³/mol. The molecule has 130 valence electrons. The first-order valence-electron chi connectivity index (χ1n) is 7.07.